The van der Waals surface area contributed by atoms with Gasteiger partial charge < -0.3 is 4.90 Å². The van der Waals surface area contributed by atoms with Crippen molar-refractivity contribution in [1.29, 1.82) is 0 Å². The number of aryl methyl sites for hydroxylation is 1. The molecule has 126 valence electrons. The monoisotopic (exact) mass is 335 g/mol. The first-order chi connectivity index (χ1) is 12.8. The molecule has 3 aromatic rings. The van der Waals surface area contributed by atoms with Crippen LogP contribution in [0.3, 0.4) is 0 Å². The van der Waals surface area contributed by atoms with E-state index in [-0.39, 0.29) is 0 Å². The summed E-state index contributed by atoms with van der Waals surface area (Å²) in [6.45, 7) is 2.18. The summed E-state index contributed by atoms with van der Waals surface area (Å²) in [4.78, 5) is 2.52. The molecule has 0 aromatic heterocycles. The van der Waals surface area contributed by atoms with Crippen LogP contribution < -0.4 is 4.90 Å². The average Bonchev–Trinajstić information content (AvgIpc) is 3.03. The van der Waals surface area contributed by atoms with Gasteiger partial charge in [0.25, 0.3) is 0 Å². The Bertz CT molecular complexity index is 999. The van der Waals surface area contributed by atoms with E-state index in [1.165, 1.54) is 33.6 Å². The summed E-state index contributed by atoms with van der Waals surface area (Å²) in [6.07, 6.45) is 6.87. The molecule has 0 radical (unpaired) electrons. The maximum absolute atomic E-state index is 2.52. The molecule has 0 saturated carbocycles. The van der Waals surface area contributed by atoms with Gasteiger partial charge in [0.1, 0.15) is 0 Å². The maximum atomic E-state index is 2.52. The molecule has 2 atom stereocenters. The first kappa shape index (κ1) is 15.2. The van der Waals surface area contributed by atoms with Gasteiger partial charge in [-0.25, -0.2) is 0 Å². The minimum absolute atomic E-state index is 0.293. The van der Waals surface area contributed by atoms with Crippen LogP contribution in [0, 0.1) is 6.92 Å². The Labute approximate surface area is 154 Å². The van der Waals surface area contributed by atoms with E-state index >= 15 is 0 Å². The molecular formula is C25H21N. The van der Waals surface area contributed by atoms with E-state index in [4.69, 9.17) is 0 Å². The summed E-state index contributed by atoms with van der Waals surface area (Å²) in [7, 11) is 0. The lowest BCUT2D eigenvalue weighted by Gasteiger charge is -2.33. The quantitative estimate of drug-likeness (QED) is 0.535. The number of anilines is 2. The third-order valence-electron chi connectivity index (χ3n) is 5.47. The summed E-state index contributed by atoms with van der Waals surface area (Å²) in [5.74, 6) is 0.380. The van der Waals surface area contributed by atoms with Crippen molar-refractivity contribution in [3.05, 3.63) is 114 Å². The largest absolute Gasteiger partial charge is 0.333 e. The Morgan fingerprint density at radius 2 is 1.54 bits per heavy atom. The molecule has 1 heteroatoms. The first-order valence-corrected chi connectivity index (χ1v) is 9.21. The predicted molar refractivity (Wildman–Crippen MR) is 110 cm³/mol. The molecule has 26 heavy (non-hydrogen) atoms. The van der Waals surface area contributed by atoms with E-state index in [1.54, 1.807) is 0 Å². The molecule has 2 aliphatic rings. The predicted octanol–water partition coefficient (Wildman–Crippen LogP) is 6.25. The van der Waals surface area contributed by atoms with Gasteiger partial charge >= 0.3 is 0 Å². The smallest absolute Gasteiger partial charge is 0.0701 e. The van der Waals surface area contributed by atoms with Crippen molar-refractivity contribution in [2.45, 2.75) is 18.9 Å². The van der Waals surface area contributed by atoms with E-state index in [1.807, 2.05) is 0 Å². The van der Waals surface area contributed by atoms with Gasteiger partial charge in [-0.2, -0.15) is 0 Å². The molecule has 0 amide bonds. The zero-order chi connectivity index (χ0) is 17.5. The third kappa shape index (κ3) is 2.32. The van der Waals surface area contributed by atoms with Crippen molar-refractivity contribution in [3.8, 4) is 0 Å². The second-order valence-electron chi connectivity index (χ2n) is 7.11. The number of para-hydroxylation sites is 1. The number of hydrogen-bond donors (Lipinski definition) is 0. The molecule has 1 aliphatic carbocycles. The Morgan fingerprint density at radius 3 is 2.31 bits per heavy atom. The number of benzene rings is 3. The molecular weight excluding hydrogens is 314 g/mol. The van der Waals surface area contributed by atoms with Crippen molar-refractivity contribution in [2.75, 3.05) is 4.90 Å². The summed E-state index contributed by atoms with van der Waals surface area (Å²) in [6, 6.07) is 28.7. The SMILES string of the molecule is Cc1ccc2c(c1)C1C=CC=C(c3ccccc3)C1N2c1ccccc1. The average molecular weight is 335 g/mol. The van der Waals surface area contributed by atoms with Gasteiger partial charge in [-0.05, 0) is 41.8 Å². The molecule has 2 unspecified atom stereocenters. The van der Waals surface area contributed by atoms with Crippen molar-refractivity contribution in [3.63, 3.8) is 0 Å². The van der Waals surface area contributed by atoms with E-state index in [0.29, 0.717) is 12.0 Å². The van der Waals surface area contributed by atoms with Crippen LogP contribution >= 0.6 is 0 Å². The first-order valence-electron chi connectivity index (χ1n) is 9.21. The normalized spacial score (nSPS) is 20.5. The Morgan fingerprint density at radius 1 is 0.808 bits per heavy atom. The van der Waals surface area contributed by atoms with E-state index < -0.39 is 0 Å². The second kappa shape index (κ2) is 6.03. The van der Waals surface area contributed by atoms with E-state index in [9.17, 15) is 0 Å². The standard InChI is InChI=1S/C25H21N/c1-18-15-16-24-23(17-18)22-14-8-13-21(19-9-4-2-5-10-19)25(22)26(24)20-11-6-3-7-12-20/h2-17,22,25H,1H3. The van der Waals surface area contributed by atoms with Crippen molar-refractivity contribution in [1.82, 2.24) is 0 Å². The lowest BCUT2D eigenvalue weighted by Crippen LogP contribution is -2.32. The van der Waals surface area contributed by atoms with Crippen LogP contribution in [0.4, 0.5) is 11.4 Å². The highest BCUT2D eigenvalue weighted by Gasteiger charge is 2.41. The van der Waals surface area contributed by atoms with E-state index in [2.05, 4.69) is 109 Å². The molecule has 3 aromatic carbocycles. The number of rotatable bonds is 2. The van der Waals surface area contributed by atoms with Crippen LogP contribution in [0.15, 0.2) is 97.1 Å². The van der Waals surface area contributed by atoms with Gasteiger partial charge in [-0.3, -0.25) is 0 Å². The Kier molecular flexibility index (Phi) is 3.53. The number of nitrogens with zero attached hydrogens (tertiary/aromatic N) is 1. The number of fused-ring (bicyclic) bond motifs is 3. The molecule has 0 spiro atoms. The van der Waals surface area contributed by atoms with Crippen molar-refractivity contribution >= 4 is 16.9 Å². The highest BCUT2D eigenvalue weighted by molar-refractivity contribution is 5.86. The molecule has 1 nitrogen and oxygen atoms in total. The zero-order valence-electron chi connectivity index (χ0n) is 14.8. The van der Waals surface area contributed by atoms with Crippen molar-refractivity contribution in [2.24, 2.45) is 0 Å². The maximum Gasteiger partial charge on any atom is 0.0701 e. The van der Waals surface area contributed by atoms with Gasteiger partial charge in [0.2, 0.25) is 0 Å². The highest BCUT2D eigenvalue weighted by Crippen LogP contribution is 2.51. The van der Waals surface area contributed by atoms with Crippen LogP contribution in [0.1, 0.15) is 22.6 Å². The van der Waals surface area contributed by atoms with Crippen LogP contribution in [-0.4, -0.2) is 6.04 Å². The Hall–Kier alpha value is -3.06. The second-order valence-corrected chi connectivity index (χ2v) is 7.11. The van der Waals surface area contributed by atoms with Crippen LogP contribution in [0.25, 0.3) is 5.57 Å². The molecule has 0 saturated heterocycles. The van der Waals surface area contributed by atoms with Gasteiger partial charge in [-0.15, -0.1) is 0 Å². The van der Waals surface area contributed by atoms with E-state index in [0.717, 1.165) is 0 Å². The van der Waals surface area contributed by atoms with Crippen LogP contribution in [0.5, 0.6) is 0 Å². The fourth-order valence-electron chi connectivity index (χ4n) is 4.35. The minimum Gasteiger partial charge on any atom is -0.333 e. The fraction of sp³-hybridized carbons (Fsp3) is 0.120. The molecule has 0 bridgehead atoms. The van der Waals surface area contributed by atoms with Crippen LogP contribution in [-0.2, 0) is 0 Å². The van der Waals surface area contributed by atoms with Gasteiger partial charge in [0, 0.05) is 17.3 Å². The molecule has 1 heterocycles. The summed E-state index contributed by atoms with van der Waals surface area (Å²) in [5.41, 5.74) is 8.01. The minimum atomic E-state index is 0.293. The van der Waals surface area contributed by atoms with Crippen molar-refractivity contribution < 1.29 is 0 Å². The molecule has 5 rings (SSSR count). The summed E-state index contributed by atoms with van der Waals surface area (Å²) >= 11 is 0. The molecule has 1 aliphatic heterocycles. The molecule has 0 N–H and O–H groups in total. The highest BCUT2D eigenvalue weighted by atomic mass is 15.2. The van der Waals surface area contributed by atoms with Crippen LogP contribution in [0.2, 0.25) is 0 Å². The van der Waals surface area contributed by atoms with Gasteiger partial charge in [0.05, 0.1) is 6.04 Å². The fourth-order valence-corrected chi connectivity index (χ4v) is 4.35. The summed E-state index contributed by atoms with van der Waals surface area (Å²) < 4.78 is 0. The van der Waals surface area contributed by atoms with Gasteiger partial charge in [-0.1, -0.05) is 84.5 Å². The zero-order valence-corrected chi connectivity index (χ0v) is 14.8. The molecule has 0 fully saturated rings. The summed E-state index contributed by atoms with van der Waals surface area (Å²) in [5, 5.41) is 0. The lowest BCUT2D eigenvalue weighted by atomic mass is 9.83. The lowest BCUT2D eigenvalue weighted by molar-refractivity contribution is 0.761. The number of hydrogen-bond acceptors (Lipinski definition) is 1. The topological polar surface area (TPSA) is 3.24 Å². The Balaban J connectivity index is 1.72. The third-order valence-corrected chi connectivity index (χ3v) is 5.47. The number of allylic oxidation sites excluding steroid dienone is 2. The van der Waals surface area contributed by atoms with Gasteiger partial charge in [0.15, 0.2) is 0 Å².